The van der Waals surface area contributed by atoms with Crippen LogP contribution in [0.15, 0.2) is 18.3 Å². The molecule has 0 spiro atoms. The molecule has 1 saturated heterocycles. The molecule has 21 heavy (non-hydrogen) atoms. The maximum absolute atomic E-state index is 12.4. The fraction of sp³-hybridized carbons (Fsp3) is 0.533. The Kier molecular flexibility index (Phi) is 4.52. The fourth-order valence-electron chi connectivity index (χ4n) is 2.31. The van der Waals surface area contributed by atoms with Gasteiger partial charge in [0.25, 0.3) is 5.91 Å². The first-order valence-corrected chi connectivity index (χ1v) is 7.37. The Balaban J connectivity index is 1.98. The van der Waals surface area contributed by atoms with E-state index < -0.39 is 0 Å². The van der Waals surface area contributed by atoms with Gasteiger partial charge in [0.1, 0.15) is 5.15 Å². The Bertz CT molecular complexity index is 546. The standard InChI is InChI=1S/C15H20ClN3O2/c1-15(2,3)14(21)19-8-6-18(7-9-19)13(20)11-4-5-17-12(16)10-11/h4-5,10H,6-9H2,1-3H3. The second kappa shape index (κ2) is 6.02. The van der Waals surface area contributed by atoms with Gasteiger partial charge in [-0.25, -0.2) is 4.98 Å². The van der Waals surface area contributed by atoms with E-state index >= 15 is 0 Å². The van der Waals surface area contributed by atoms with Crippen LogP contribution in [0, 0.1) is 5.41 Å². The fourth-order valence-corrected chi connectivity index (χ4v) is 2.48. The van der Waals surface area contributed by atoms with Gasteiger partial charge >= 0.3 is 0 Å². The van der Waals surface area contributed by atoms with Crippen molar-refractivity contribution in [3.05, 3.63) is 29.0 Å². The number of carbonyl (C=O) groups excluding carboxylic acids is 2. The zero-order valence-electron chi connectivity index (χ0n) is 12.6. The molecular weight excluding hydrogens is 290 g/mol. The van der Waals surface area contributed by atoms with Crippen LogP contribution in [0.4, 0.5) is 0 Å². The lowest BCUT2D eigenvalue weighted by atomic mass is 9.94. The van der Waals surface area contributed by atoms with E-state index in [1.807, 2.05) is 25.7 Å². The third-order valence-electron chi connectivity index (χ3n) is 3.47. The molecule has 6 heteroatoms. The average Bonchev–Trinajstić information content (AvgIpc) is 2.45. The Hall–Kier alpha value is -1.62. The molecule has 0 atom stereocenters. The van der Waals surface area contributed by atoms with Gasteiger partial charge in [-0.1, -0.05) is 32.4 Å². The zero-order valence-corrected chi connectivity index (χ0v) is 13.4. The predicted octanol–water partition coefficient (Wildman–Crippen LogP) is 2.07. The number of hydrogen-bond acceptors (Lipinski definition) is 3. The summed E-state index contributed by atoms with van der Waals surface area (Å²) in [4.78, 5) is 32.0. The Labute approximate surface area is 129 Å². The summed E-state index contributed by atoms with van der Waals surface area (Å²) in [6.45, 7) is 7.95. The number of carbonyl (C=O) groups is 2. The summed E-state index contributed by atoms with van der Waals surface area (Å²) < 4.78 is 0. The molecule has 0 aromatic carbocycles. The first-order valence-electron chi connectivity index (χ1n) is 6.99. The predicted molar refractivity (Wildman–Crippen MR) is 81.2 cm³/mol. The summed E-state index contributed by atoms with van der Waals surface area (Å²) in [5.41, 5.74) is 0.149. The maximum Gasteiger partial charge on any atom is 0.254 e. The lowest BCUT2D eigenvalue weighted by Crippen LogP contribution is -2.53. The Morgan fingerprint density at radius 3 is 2.24 bits per heavy atom. The van der Waals surface area contributed by atoms with Gasteiger partial charge in [0.05, 0.1) is 0 Å². The number of piperazine rings is 1. The van der Waals surface area contributed by atoms with Gasteiger partial charge in [-0.2, -0.15) is 0 Å². The van der Waals surface area contributed by atoms with E-state index in [4.69, 9.17) is 11.6 Å². The third-order valence-corrected chi connectivity index (χ3v) is 3.68. The van der Waals surface area contributed by atoms with Crippen molar-refractivity contribution in [2.75, 3.05) is 26.2 Å². The molecule has 0 radical (unpaired) electrons. The van der Waals surface area contributed by atoms with Crippen LogP contribution in [-0.4, -0.2) is 52.8 Å². The zero-order chi connectivity index (χ0) is 15.6. The summed E-state index contributed by atoms with van der Waals surface area (Å²) in [5, 5.41) is 0.308. The minimum absolute atomic E-state index is 0.0674. The monoisotopic (exact) mass is 309 g/mol. The van der Waals surface area contributed by atoms with Crippen molar-refractivity contribution < 1.29 is 9.59 Å². The molecular formula is C15H20ClN3O2. The van der Waals surface area contributed by atoms with Crippen LogP contribution in [0.25, 0.3) is 0 Å². The highest BCUT2D eigenvalue weighted by Gasteiger charge is 2.31. The first-order chi connectivity index (χ1) is 9.79. The molecule has 2 amide bonds. The number of nitrogens with zero attached hydrogens (tertiary/aromatic N) is 3. The van der Waals surface area contributed by atoms with Crippen molar-refractivity contribution in [1.29, 1.82) is 0 Å². The topological polar surface area (TPSA) is 53.5 Å². The smallest absolute Gasteiger partial charge is 0.254 e. The van der Waals surface area contributed by atoms with Gasteiger partial charge in [-0.05, 0) is 12.1 Å². The van der Waals surface area contributed by atoms with Crippen LogP contribution in [0.1, 0.15) is 31.1 Å². The molecule has 1 aliphatic heterocycles. The van der Waals surface area contributed by atoms with E-state index in [9.17, 15) is 9.59 Å². The molecule has 1 aromatic heterocycles. The van der Waals surface area contributed by atoms with Gasteiger partial charge in [0, 0.05) is 43.4 Å². The van der Waals surface area contributed by atoms with Crippen LogP contribution >= 0.6 is 11.6 Å². The highest BCUT2D eigenvalue weighted by molar-refractivity contribution is 6.29. The second-order valence-corrected chi connectivity index (χ2v) is 6.59. The SMILES string of the molecule is CC(C)(C)C(=O)N1CCN(C(=O)c2ccnc(Cl)c2)CC1. The van der Waals surface area contributed by atoms with Crippen LogP contribution < -0.4 is 0 Å². The summed E-state index contributed by atoms with van der Waals surface area (Å²) in [5.74, 6) is 0.0590. The minimum Gasteiger partial charge on any atom is -0.339 e. The minimum atomic E-state index is -0.384. The number of aromatic nitrogens is 1. The molecule has 0 aliphatic carbocycles. The maximum atomic E-state index is 12.4. The Morgan fingerprint density at radius 1 is 1.14 bits per heavy atom. The van der Waals surface area contributed by atoms with Crippen molar-refractivity contribution in [2.45, 2.75) is 20.8 Å². The normalized spacial score (nSPS) is 16.0. The highest BCUT2D eigenvalue weighted by Crippen LogP contribution is 2.19. The van der Waals surface area contributed by atoms with E-state index in [0.717, 1.165) is 0 Å². The number of rotatable bonds is 1. The van der Waals surface area contributed by atoms with Crippen molar-refractivity contribution in [3.8, 4) is 0 Å². The van der Waals surface area contributed by atoms with Gasteiger partial charge in [0.15, 0.2) is 0 Å². The molecule has 1 aliphatic rings. The second-order valence-electron chi connectivity index (χ2n) is 6.20. The first kappa shape index (κ1) is 15.8. The van der Waals surface area contributed by atoms with Crippen molar-refractivity contribution in [3.63, 3.8) is 0 Å². The van der Waals surface area contributed by atoms with Crippen molar-refractivity contribution in [1.82, 2.24) is 14.8 Å². The average molecular weight is 310 g/mol. The summed E-state index contributed by atoms with van der Waals surface area (Å²) in [6.07, 6.45) is 1.52. The van der Waals surface area contributed by atoms with E-state index in [1.165, 1.54) is 6.20 Å². The molecule has 0 N–H and O–H groups in total. The third kappa shape index (κ3) is 3.73. The molecule has 1 fully saturated rings. The van der Waals surface area contributed by atoms with E-state index in [1.54, 1.807) is 17.0 Å². The summed E-state index contributed by atoms with van der Waals surface area (Å²) >= 11 is 5.81. The molecule has 5 nitrogen and oxygen atoms in total. The van der Waals surface area contributed by atoms with Crippen LogP contribution in [0.5, 0.6) is 0 Å². The molecule has 0 bridgehead atoms. The van der Waals surface area contributed by atoms with Gasteiger partial charge < -0.3 is 9.80 Å². The summed E-state index contributed by atoms with van der Waals surface area (Å²) in [7, 11) is 0. The van der Waals surface area contributed by atoms with Crippen LogP contribution in [-0.2, 0) is 4.79 Å². The molecule has 1 aromatic rings. The molecule has 2 rings (SSSR count). The number of amides is 2. The number of pyridine rings is 1. The largest absolute Gasteiger partial charge is 0.339 e. The molecule has 114 valence electrons. The highest BCUT2D eigenvalue weighted by atomic mass is 35.5. The van der Waals surface area contributed by atoms with Gasteiger partial charge in [0.2, 0.25) is 5.91 Å². The molecule has 2 heterocycles. The van der Waals surface area contributed by atoms with Crippen LogP contribution in [0.2, 0.25) is 5.15 Å². The summed E-state index contributed by atoms with van der Waals surface area (Å²) in [6, 6.07) is 3.22. The molecule has 0 unspecified atom stereocenters. The van der Waals surface area contributed by atoms with E-state index in [-0.39, 0.29) is 17.2 Å². The molecule has 0 saturated carbocycles. The van der Waals surface area contributed by atoms with Crippen molar-refractivity contribution in [2.24, 2.45) is 5.41 Å². The van der Waals surface area contributed by atoms with Gasteiger partial charge in [-0.15, -0.1) is 0 Å². The van der Waals surface area contributed by atoms with Crippen LogP contribution in [0.3, 0.4) is 0 Å². The lowest BCUT2D eigenvalue weighted by Gasteiger charge is -2.37. The van der Waals surface area contributed by atoms with E-state index in [2.05, 4.69) is 4.98 Å². The van der Waals surface area contributed by atoms with Gasteiger partial charge in [-0.3, -0.25) is 9.59 Å². The quantitative estimate of drug-likeness (QED) is 0.746. The number of halogens is 1. The number of hydrogen-bond donors (Lipinski definition) is 0. The van der Waals surface area contributed by atoms with Crippen molar-refractivity contribution >= 4 is 23.4 Å². The van der Waals surface area contributed by atoms with E-state index in [0.29, 0.717) is 36.9 Å². The lowest BCUT2D eigenvalue weighted by molar-refractivity contribution is -0.140. The Morgan fingerprint density at radius 2 is 1.71 bits per heavy atom.